The summed E-state index contributed by atoms with van der Waals surface area (Å²) in [6, 6.07) is 0. The lowest BCUT2D eigenvalue weighted by molar-refractivity contribution is -0.195. The first-order chi connectivity index (χ1) is 9.87. The molecule has 11 heteroatoms. The molecule has 4 N–H and O–H groups in total. The van der Waals surface area contributed by atoms with Crippen molar-refractivity contribution >= 4 is 28.7 Å². The molecule has 4 atom stereocenters. The molecule has 0 aliphatic carbocycles. The first-order valence-corrected chi connectivity index (χ1v) is 6.20. The monoisotopic (exact) mass is 321 g/mol. The number of imidazole rings is 1. The molecular formula is C10H10ClF2N5O3. The highest BCUT2D eigenvalue weighted by atomic mass is 35.5. The molecule has 2 aromatic rings. The molecule has 0 saturated carbocycles. The van der Waals surface area contributed by atoms with Crippen molar-refractivity contribution < 1.29 is 23.7 Å². The molecule has 114 valence electrons. The molecule has 0 radical (unpaired) electrons. The second-order valence-electron chi connectivity index (χ2n) is 4.54. The van der Waals surface area contributed by atoms with Gasteiger partial charge >= 0.3 is 0 Å². The smallest absolute Gasteiger partial charge is 0.268 e. The first-order valence-electron chi connectivity index (χ1n) is 5.82. The van der Waals surface area contributed by atoms with E-state index < -0.39 is 31.0 Å². The van der Waals surface area contributed by atoms with Gasteiger partial charge in [-0.25, -0.2) is 13.8 Å². The Balaban J connectivity index is 2.10. The zero-order valence-corrected chi connectivity index (χ0v) is 11.1. The molecule has 1 aliphatic rings. The van der Waals surface area contributed by atoms with Crippen LogP contribution in [-0.4, -0.2) is 54.5 Å². The van der Waals surface area contributed by atoms with Crippen LogP contribution >= 0.6 is 11.6 Å². The summed E-state index contributed by atoms with van der Waals surface area (Å²) in [5.74, 6) is -3.18. The van der Waals surface area contributed by atoms with Crippen molar-refractivity contribution in [1.82, 2.24) is 19.5 Å². The SMILES string of the molecule is Nc1nc(Cl)c2ncn([C@@H]3O[C@](F)(CO)[C@@H](F)[C@H]3O)c2n1. The van der Waals surface area contributed by atoms with E-state index in [2.05, 4.69) is 15.0 Å². The largest absolute Gasteiger partial charge is 0.390 e. The number of fused-ring (bicyclic) bond motifs is 1. The number of hydrogen-bond donors (Lipinski definition) is 3. The normalized spacial score (nSPS) is 32.9. The van der Waals surface area contributed by atoms with Gasteiger partial charge in [0.25, 0.3) is 5.85 Å². The van der Waals surface area contributed by atoms with Crippen LogP contribution in [0.5, 0.6) is 0 Å². The van der Waals surface area contributed by atoms with Gasteiger partial charge in [-0.2, -0.15) is 9.97 Å². The van der Waals surface area contributed by atoms with Crippen LogP contribution < -0.4 is 5.73 Å². The molecule has 1 saturated heterocycles. The summed E-state index contributed by atoms with van der Waals surface area (Å²) < 4.78 is 33.6. The number of anilines is 1. The van der Waals surface area contributed by atoms with E-state index in [-0.39, 0.29) is 22.3 Å². The van der Waals surface area contributed by atoms with Gasteiger partial charge in [0.15, 0.2) is 23.2 Å². The summed E-state index contributed by atoms with van der Waals surface area (Å²) in [5.41, 5.74) is 5.64. The molecule has 1 fully saturated rings. The van der Waals surface area contributed by atoms with Crippen LogP contribution in [0.15, 0.2) is 6.33 Å². The number of nitrogens with zero attached hydrogens (tertiary/aromatic N) is 4. The van der Waals surface area contributed by atoms with Gasteiger partial charge in [-0.05, 0) is 0 Å². The van der Waals surface area contributed by atoms with Crippen molar-refractivity contribution in [1.29, 1.82) is 0 Å². The Morgan fingerprint density at radius 2 is 2.24 bits per heavy atom. The highest BCUT2D eigenvalue weighted by Gasteiger charge is 2.57. The molecule has 0 bridgehead atoms. The topological polar surface area (TPSA) is 119 Å². The van der Waals surface area contributed by atoms with Crippen LogP contribution in [0, 0.1) is 0 Å². The van der Waals surface area contributed by atoms with Crippen molar-refractivity contribution in [2.24, 2.45) is 0 Å². The minimum atomic E-state index is -3.01. The lowest BCUT2D eigenvalue weighted by Gasteiger charge is -2.18. The molecule has 0 amide bonds. The number of alkyl halides is 2. The van der Waals surface area contributed by atoms with Crippen molar-refractivity contribution in [2.75, 3.05) is 12.3 Å². The van der Waals surface area contributed by atoms with E-state index in [1.807, 2.05) is 0 Å². The third-order valence-corrected chi connectivity index (χ3v) is 3.47. The molecule has 0 unspecified atom stereocenters. The molecule has 3 rings (SSSR count). The van der Waals surface area contributed by atoms with Crippen LogP contribution in [0.4, 0.5) is 14.7 Å². The number of ether oxygens (including phenoxy) is 1. The third-order valence-electron chi connectivity index (χ3n) is 3.21. The van der Waals surface area contributed by atoms with Crippen LogP contribution in [0.3, 0.4) is 0 Å². The van der Waals surface area contributed by atoms with Gasteiger partial charge in [0.05, 0.1) is 6.33 Å². The Hall–Kier alpha value is -1.62. The number of aromatic nitrogens is 4. The maximum absolute atomic E-state index is 14.0. The lowest BCUT2D eigenvalue weighted by Crippen LogP contribution is -2.39. The second kappa shape index (κ2) is 4.70. The molecule has 1 aliphatic heterocycles. The van der Waals surface area contributed by atoms with Gasteiger partial charge in [0.2, 0.25) is 5.95 Å². The standard InChI is InChI=1S/C10H10ClF2N5O3/c11-6-3-7(17-9(14)16-6)18(2-15-3)8-4(20)5(12)10(13,1-19)21-8/h2,4-5,8,19-20H,1H2,(H2,14,16,17)/t4-,5+,8-,10-/m1/s1. The molecular weight excluding hydrogens is 312 g/mol. The summed E-state index contributed by atoms with van der Waals surface area (Å²) in [7, 11) is 0. The van der Waals surface area contributed by atoms with Crippen LogP contribution in [-0.2, 0) is 4.74 Å². The van der Waals surface area contributed by atoms with E-state index in [1.54, 1.807) is 0 Å². The summed E-state index contributed by atoms with van der Waals surface area (Å²) >= 11 is 5.83. The van der Waals surface area contributed by atoms with E-state index >= 15 is 0 Å². The predicted octanol–water partition coefficient (Wildman–Crippen LogP) is -0.0522. The number of halogens is 3. The predicted molar refractivity (Wildman–Crippen MR) is 66.7 cm³/mol. The zero-order valence-electron chi connectivity index (χ0n) is 10.3. The van der Waals surface area contributed by atoms with Crippen molar-refractivity contribution in [3.63, 3.8) is 0 Å². The quantitative estimate of drug-likeness (QED) is 0.663. The highest BCUT2D eigenvalue weighted by molar-refractivity contribution is 6.33. The second-order valence-corrected chi connectivity index (χ2v) is 4.90. The van der Waals surface area contributed by atoms with E-state index in [0.717, 1.165) is 10.9 Å². The Bertz CT molecular complexity index is 701. The van der Waals surface area contributed by atoms with E-state index in [0.29, 0.717) is 0 Å². The molecule has 8 nitrogen and oxygen atoms in total. The Morgan fingerprint density at radius 3 is 2.86 bits per heavy atom. The number of aliphatic hydroxyl groups excluding tert-OH is 2. The average molecular weight is 322 g/mol. The Labute approximate surface area is 121 Å². The summed E-state index contributed by atoms with van der Waals surface area (Å²) in [4.78, 5) is 11.4. The number of nitrogens with two attached hydrogens (primary N) is 1. The van der Waals surface area contributed by atoms with E-state index in [4.69, 9.17) is 27.2 Å². The summed E-state index contributed by atoms with van der Waals surface area (Å²) in [6.45, 7) is -1.24. The first kappa shape index (κ1) is 14.3. The number of aliphatic hydroxyl groups is 2. The zero-order chi connectivity index (χ0) is 15.4. The minimum Gasteiger partial charge on any atom is -0.390 e. The molecule has 3 heterocycles. The van der Waals surface area contributed by atoms with Gasteiger partial charge in [-0.1, -0.05) is 11.6 Å². The van der Waals surface area contributed by atoms with Crippen LogP contribution in [0.1, 0.15) is 6.23 Å². The van der Waals surface area contributed by atoms with Gasteiger partial charge in [-0.3, -0.25) is 4.57 Å². The number of rotatable bonds is 2. The number of nitrogen functional groups attached to an aromatic ring is 1. The van der Waals surface area contributed by atoms with Crippen LogP contribution in [0.25, 0.3) is 11.2 Å². The fraction of sp³-hybridized carbons (Fsp3) is 0.500. The van der Waals surface area contributed by atoms with Crippen molar-refractivity contribution in [3.05, 3.63) is 11.5 Å². The van der Waals surface area contributed by atoms with Gasteiger partial charge in [0, 0.05) is 0 Å². The number of hydrogen-bond acceptors (Lipinski definition) is 7. The third kappa shape index (κ3) is 2.02. The Morgan fingerprint density at radius 1 is 1.52 bits per heavy atom. The molecule has 0 spiro atoms. The van der Waals surface area contributed by atoms with Gasteiger partial charge in [-0.15, -0.1) is 0 Å². The van der Waals surface area contributed by atoms with Gasteiger partial charge in [0.1, 0.15) is 18.2 Å². The summed E-state index contributed by atoms with van der Waals surface area (Å²) in [5, 5.41) is 18.6. The highest BCUT2D eigenvalue weighted by Crippen LogP contribution is 2.41. The molecule has 0 aromatic carbocycles. The summed E-state index contributed by atoms with van der Waals surface area (Å²) in [6.07, 6.45) is -4.64. The average Bonchev–Trinajstić information content (AvgIpc) is 2.95. The van der Waals surface area contributed by atoms with Gasteiger partial charge < -0.3 is 20.7 Å². The van der Waals surface area contributed by atoms with Crippen molar-refractivity contribution in [3.8, 4) is 0 Å². The van der Waals surface area contributed by atoms with E-state index in [9.17, 15) is 13.9 Å². The Kier molecular flexibility index (Phi) is 3.20. The van der Waals surface area contributed by atoms with Crippen LogP contribution in [0.2, 0.25) is 5.15 Å². The van der Waals surface area contributed by atoms with E-state index in [1.165, 1.54) is 0 Å². The fourth-order valence-corrected chi connectivity index (χ4v) is 2.38. The maximum atomic E-state index is 14.0. The molecule has 2 aromatic heterocycles. The lowest BCUT2D eigenvalue weighted by atomic mass is 10.1. The molecule has 21 heavy (non-hydrogen) atoms. The van der Waals surface area contributed by atoms with Crippen molar-refractivity contribution in [2.45, 2.75) is 24.4 Å². The fourth-order valence-electron chi connectivity index (χ4n) is 2.16. The maximum Gasteiger partial charge on any atom is 0.268 e. The minimum absolute atomic E-state index is 0.0470.